The number of aromatic carboxylic acids is 1. The number of benzene rings is 1. The zero-order valence-corrected chi connectivity index (χ0v) is 12.8. The molecule has 1 heterocycles. The molecule has 0 saturated carbocycles. The van der Waals surface area contributed by atoms with Crippen molar-refractivity contribution in [1.82, 2.24) is 0 Å². The minimum Gasteiger partial charge on any atom is -0.478 e. The Kier molecular flexibility index (Phi) is 3.83. The Hall–Kier alpha value is -2.01. The number of halogens is 1. The number of allylic oxidation sites excluding steroid dienone is 2. The molecule has 6 heteroatoms. The fourth-order valence-electron chi connectivity index (χ4n) is 3.33. The Labute approximate surface area is 132 Å². The lowest BCUT2D eigenvalue weighted by Gasteiger charge is -2.36. The van der Waals surface area contributed by atoms with Crippen LogP contribution in [0.5, 0.6) is 0 Å². The van der Waals surface area contributed by atoms with Gasteiger partial charge in [0.15, 0.2) is 0 Å². The number of hydrogen-bond donors (Lipinski definition) is 2. The molecule has 3 rings (SSSR count). The fourth-order valence-corrected chi connectivity index (χ4v) is 3.55. The lowest BCUT2D eigenvalue weighted by Crippen LogP contribution is -2.43. The zero-order chi connectivity index (χ0) is 15.9. The van der Waals surface area contributed by atoms with Gasteiger partial charge in [-0.05, 0) is 31.0 Å². The highest BCUT2D eigenvalue weighted by Crippen LogP contribution is 2.48. The van der Waals surface area contributed by atoms with Gasteiger partial charge in [0.1, 0.15) is 6.04 Å². The molecule has 1 aliphatic carbocycles. The predicted octanol–water partition coefficient (Wildman–Crippen LogP) is 3.06. The summed E-state index contributed by atoms with van der Waals surface area (Å²) in [6.45, 7) is 2.06. The molecule has 0 amide bonds. The summed E-state index contributed by atoms with van der Waals surface area (Å²) in [6.07, 6.45) is 4.64. The smallest absolute Gasteiger partial charge is 0.336 e. The Morgan fingerprint density at radius 1 is 1.45 bits per heavy atom. The maximum Gasteiger partial charge on any atom is 0.336 e. The number of carboxylic acids is 1. The van der Waals surface area contributed by atoms with E-state index >= 15 is 0 Å². The molecule has 2 N–H and O–H groups in total. The molecule has 0 saturated heterocycles. The van der Waals surface area contributed by atoms with Crippen LogP contribution in [0.4, 0.5) is 5.69 Å². The number of rotatable bonds is 3. The van der Waals surface area contributed by atoms with Gasteiger partial charge >= 0.3 is 11.9 Å². The SMILES string of the molecule is CCOC(=O)C1Nc2c(Cl)ccc(C(=O)O)c2C2C=CCC12. The first-order valence-corrected chi connectivity index (χ1v) is 7.58. The Balaban J connectivity index is 2.11. The number of anilines is 1. The van der Waals surface area contributed by atoms with E-state index in [1.165, 1.54) is 12.1 Å². The normalized spacial score (nSPS) is 25.1. The van der Waals surface area contributed by atoms with E-state index in [4.69, 9.17) is 16.3 Å². The van der Waals surface area contributed by atoms with Gasteiger partial charge in [0, 0.05) is 11.8 Å². The molecule has 3 unspecified atom stereocenters. The van der Waals surface area contributed by atoms with Crippen molar-refractivity contribution in [3.63, 3.8) is 0 Å². The first kappa shape index (κ1) is 14.9. The number of hydrogen-bond acceptors (Lipinski definition) is 4. The summed E-state index contributed by atoms with van der Waals surface area (Å²) in [7, 11) is 0. The monoisotopic (exact) mass is 321 g/mol. The molecule has 116 valence electrons. The molecule has 0 bridgehead atoms. The summed E-state index contributed by atoms with van der Waals surface area (Å²) in [6, 6.07) is 2.53. The van der Waals surface area contributed by atoms with Crippen LogP contribution in [0.15, 0.2) is 24.3 Å². The van der Waals surface area contributed by atoms with E-state index in [1.54, 1.807) is 6.92 Å². The van der Waals surface area contributed by atoms with Gasteiger partial charge in [0.2, 0.25) is 0 Å². The highest BCUT2D eigenvalue weighted by molar-refractivity contribution is 6.33. The van der Waals surface area contributed by atoms with Crippen LogP contribution in [0.1, 0.15) is 35.2 Å². The number of esters is 1. The van der Waals surface area contributed by atoms with E-state index in [1.807, 2.05) is 12.2 Å². The van der Waals surface area contributed by atoms with Crippen molar-refractivity contribution >= 4 is 29.2 Å². The van der Waals surface area contributed by atoms with Crippen molar-refractivity contribution in [3.8, 4) is 0 Å². The Bertz CT molecular complexity index is 670. The van der Waals surface area contributed by atoms with E-state index in [9.17, 15) is 14.7 Å². The number of carbonyl (C=O) groups excluding carboxylic acids is 1. The summed E-state index contributed by atoms with van der Waals surface area (Å²) >= 11 is 6.22. The highest BCUT2D eigenvalue weighted by Gasteiger charge is 2.43. The molecule has 2 aliphatic rings. The largest absolute Gasteiger partial charge is 0.478 e. The van der Waals surface area contributed by atoms with E-state index < -0.39 is 12.0 Å². The molecular formula is C16H16ClNO4. The number of carbonyl (C=O) groups is 2. The van der Waals surface area contributed by atoms with Crippen LogP contribution >= 0.6 is 11.6 Å². The number of ether oxygens (including phenoxy) is 1. The van der Waals surface area contributed by atoms with Gasteiger partial charge in [-0.2, -0.15) is 0 Å². The van der Waals surface area contributed by atoms with Gasteiger partial charge < -0.3 is 15.2 Å². The third-order valence-corrected chi connectivity index (χ3v) is 4.55. The van der Waals surface area contributed by atoms with Crippen LogP contribution in [0, 0.1) is 5.92 Å². The number of carboxylic acid groups (broad SMARTS) is 1. The maximum absolute atomic E-state index is 12.2. The van der Waals surface area contributed by atoms with Crippen LogP contribution in [-0.2, 0) is 9.53 Å². The fraction of sp³-hybridized carbons (Fsp3) is 0.375. The lowest BCUT2D eigenvalue weighted by molar-refractivity contribution is -0.145. The average Bonchev–Trinajstić information content (AvgIpc) is 2.96. The van der Waals surface area contributed by atoms with Crippen LogP contribution < -0.4 is 5.32 Å². The van der Waals surface area contributed by atoms with E-state index in [0.29, 0.717) is 29.3 Å². The third-order valence-electron chi connectivity index (χ3n) is 4.24. The maximum atomic E-state index is 12.2. The van der Waals surface area contributed by atoms with Gasteiger partial charge in [0.05, 0.1) is 22.9 Å². The van der Waals surface area contributed by atoms with Crippen molar-refractivity contribution in [2.45, 2.75) is 25.3 Å². The average molecular weight is 322 g/mol. The van der Waals surface area contributed by atoms with E-state index in [-0.39, 0.29) is 23.4 Å². The molecule has 0 aromatic heterocycles. The molecule has 0 radical (unpaired) electrons. The quantitative estimate of drug-likeness (QED) is 0.661. The van der Waals surface area contributed by atoms with E-state index in [0.717, 1.165) is 0 Å². The minimum absolute atomic E-state index is 0.0527. The predicted molar refractivity (Wildman–Crippen MR) is 82.4 cm³/mol. The van der Waals surface area contributed by atoms with Crippen molar-refractivity contribution < 1.29 is 19.4 Å². The minimum atomic E-state index is -0.997. The summed E-state index contributed by atoms with van der Waals surface area (Å²) in [4.78, 5) is 23.7. The molecule has 0 spiro atoms. The molecule has 3 atom stereocenters. The molecule has 0 fully saturated rings. The standard InChI is InChI=1S/C16H16ClNO4/c1-2-22-16(21)13-9-5-3-4-8(9)12-10(15(19)20)6-7-11(17)14(12)18-13/h3-4,6-9,13,18H,2,5H2,1H3,(H,19,20). The van der Waals surface area contributed by atoms with Gasteiger partial charge in [-0.3, -0.25) is 0 Å². The first-order valence-electron chi connectivity index (χ1n) is 7.20. The molecule has 1 aliphatic heterocycles. The van der Waals surface area contributed by atoms with Crippen LogP contribution in [-0.4, -0.2) is 29.7 Å². The summed E-state index contributed by atoms with van der Waals surface area (Å²) in [5.74, 6) is -1.52. The van der Waals surface area contributed by atoms with Crippen LogP contribution in [0.3, 0.4) is 0 Å². The van der Waals surface area contributed by atoms with Gasteiger partial charge in [-0.1, -0.05) is 23.8 Å². The topological polar surface area (TPSA) is 75.6 Å². The Morgan fingerprint density at radius 3 is 2.91 bits per heavy atom. The second-order valence-corrected chi connectivity index (χ2v) is 5.82. The highest BCUT2D eigenvalue weighted by atomic mass is 35.5. The number of nitrogens with one attached hydrogen (secondary N) is 1. The zero-order valence-electron chi connectivity index (χ0n) is 12.0. The van der Waals surface area contributed by atoms with E-state index in [2.05, 4.69) is 5.32 Å². The summed E-state index contributed by atoms with van der Waals surface area (Å²) in [5.41, 5.74) is 1.39. The van der Waals surface area contributed by atoms with Crippen molar-refractivity contribution in [1.29, 1.82) is 0 Å². The second kappa shape index (κ2) is 5.65. The van der Waals surface area contributed by atoms with Gasteiger partial charge in [-0.25, -0.2) is 9.59 Å². The van der Waals surface area contributed by atoms with Crippen molar-refractivity contribution in [2.75, 3.05) is 11.9 Å². The molecule has 1 aromatic carbocycles. The van der Waals surface area contributed by atoms with Crippen molar-refractivity contribution in [2.24, 2.45) is 5.92 Å². The first-order chi connectivity index (χ1) is 10.5. The van der Waals surface area contributed by atoms with Gasteiger partial charge in [0.25, 0.3) is 0 Å². The van der Waals surface area contributed by atoms with Crippen molar-refractivity contribution in [3.05, 3.63) is 40.4 Å². The number of fused-ring (bicyclic) bond motifs is 3. The third kappa shape index (κ3) is 2.25. The lowest BCUT2D eigenvalue weighted by atomic mass is 9.77. The van der Waals surface area contributed by atoms with Crippen LogP contribution in [0.25, 0.3) is 0 Å². The summed E-state index contributed by atoms with van der Waals surface area (Å²) < 4.78 is 5.13. The molecule has 1 aromatic rings. The molecule has 5 nitrogen and oxygen atoms in total. The van der Waals surface area contributed by atoms with Gasteiger partial charge in [-0.15, -0.1) is 0 Å². The molecule has 22 heavy (non-hydrogen) atoms. The van der Waals surface area contributed by atoms with Crippen LogP contribution in [0.2, 0.25) is 5.02 Å². The second-order valence-electron chi connectivity index (χ2n) is 5.42. The molecular weight excluding hydrogens is 306 g/mol. The Morgan fingerprint density at radius 2 is 2.23 bits per heavy atom. The summed E-state index contributed by atoms with van der Waals surface area (Å²) in [5, 5.41) is 12.9.